The van der Waals surface area contributed by atoms with Crippen molar-refractivity contribution in [2.45, 2.75) is 52.0 Å². The summed E-state index contributed by atoms with van der Waals surface area (Å²) in [6, 6.07) is 3.89. The van der Waals surface area contributed by atoms with Gasteiger partial charge < -0.3 is 10.6 Å². The van der Waals surface area contributed by atoms with Gasteiger partial charge >= 0.3 is 0 Å². The van der Waals surface area contributed by atoms with E-state index < -0.39 is 0 Å². The van der Waals surface area contributed by atoms with Crippen molar-refractivity contribution in [3.8, 4) is 0 Å². The highest BCUT2D eigenvalue weighted by atomic mass is 32.1. The van der Waals surface area contributed by atoms with Gasteiger partial charge in [-0.1, -0.05) is 6.92 Å². The predicted octanol–water partition coefficient (Wildman–Crippen LogP) is 2.13. The van der Waals surface area contributed by atoms with Gasteiger partial charge in [-0.3, -0.25) is 19.3 Å². The summed E-state index contributed by atoms with van der Waals surface area (Å²) in [6.07, 6.45) is 3.10. The summed E-state index contributed by atoms with van der Waals surface area (Å²) >= 11 is 1.47. The Kier molecular flexibility index (Phi) is 8.25. The maximum Gasteiger partial charge on any atom is 0.234 e. The van der Waals surface area contributed by atoms with Crippen LogP contribution in [0.4, 0.5) is 0 Å². The van der Waals surface area contributed by atoms with Gasteiger partial charge in [-0.2, -0.15) is 0 Å². The van der Waals surface area contributed by atoms with Gasteiger partial charge in [0.25, 0.3) is 0 Å². The summed E-state index contributed by atoms with van der Waals surface area (Å²) in [5.74, 6) is 0.0357. The molecule has 1 aliphatic rings. The lowest BCUT2D eigenvalue weighted by molar-refractivity contribution is -0.124. The average molecular weight is 380 g/mol. The number of rotatable bonds is 9. The first kappa shape index (κ1) is 20.6. The van der Waals surface area contributed by atoms with Crippen molar-refractivity contribution in [2.24, 2.45) is 0 Å². The van der Waals surface area contributed by atoms with Crippen LogP contribution in [-0.4, -0.2) is 54.7 Å². The van der Waals surface area contributed by atoms with Crippen molar-refractivity contribution in [2.75, 3.05) is 26.2 Å². The molecule has 0 saturated carbocycles. The predicted molar refractivity (Wildman–Crippen MR) is 104 cm³/mol. The third-order valence-corrected chi connectivity index (χ3v) is 5.53. The molecule has 0 radical (unpaired) electrons. The van der Waals surface area contributed by atoms with E-state index in [1.165, 1.54) is 11.3 Å². The van der Waals surface area contributed by atoms with Crippen molar-refractivity contribution >= 4 is 28.9 Å². The van der Waals surface area contributed by atoms with Crippen molar-refractivity contribution in [3.63, 3.8) is 0 Å². The van der Waals surface area contributed by atoms with Gasteiger partial charge in [-0.25, -0.2) is 0 Å². The van der Waals surface area contributed by atoms with Crippen LogP contribution in [0.25, 0.3) is 0 Å². The second-order valence-electron chi connectivity index (χ2n) is 6.80. The molecule has 0 aliphatic carbocycles. The zero-order chi connectivity index (χ0) is 18.9. The number of ketones is 1. The molecule has 0 unspecified atom stereocenters. The van der Waals surface area contributed by atoms with Gasteiger partial charge in [0.05, 0.1) is 11.4 Å². The molecule has 1 aromatic heterocycles. The summed E-state index contributed by atoms with van der Waals surface area (Å²) in [4.78, 5) is 39.8. The minimum atomic E-state index is -0.0641. The number of likely N-dealkylation sites (tertiary alicyclic amines) is 1. The van der Waals surface area contributed by atoms with Crippen molar-refractivity contribution in [1.82, 2.24) is 15.5 Å². The first-order valence-corrected chi connectivity index (χ1v) is 10.2. The molecule has 26 heavy (non-hydrogen) atoms. The summed E-state index contributed by atoms with van der Waals surface area (Å²) < 4.78 is 0. The number of thiophene rings is 1. The zero-order valence-electron chi connectivity index (χ0n) is 15.7. The molecule has 0 atom stereocenters. The van der Waals surface area contributed by atoms with E-state index >= 15 is 0 Å². The Morgan fingerprint density at radius 1 is 1.15 bits per heavy atom. The quantitative estimate of drug-likeness (QED) is 0.644. The number of nitrogens with zero attached hydrogens (tertiary/aromatic N) is 1. The zero-order valence-corrected chi connectivity index (χ0v) is 16.5. The van der Waals surface area contributed by atoms with E-state index in [2.05, 4.69) is 15.5 Å². The van der Waals surface area contributed by atoms with Crippen LogP contribution in [0.2, 0.25) is 0 Å². The molecule has 0 bridgehead atoms. The topological polar surface area (TPSA) is 78.5 Å². The molecule has 1 aromatic rings. The van der Waals surface area contributed by atoms with Crippen LogP contribution >= 0.6 is 11.3 Å². The van der Waals surface area contributed by atoms with Gasteiger partial charge in [0.1, 0.15) is 0 Å². The lowest BCUT2D eigenvalue weighted by Gasteiger charge is -2.31. The minimum absolute atomic E-state index is 0.0335. The average Bonchev–Trinajstić information content (AvgIpc) is 3.06. The smallest absolute Gasteiger partial charge is 0.234 e. The van der Waals surface area contributed by atoms with E-state index in [-0.39, 0.29) is 36.5 Å². The molecule has 1 saturated heterocycles. The molecular formula is C19H29N3O3S. The van der Waals surface area contributed by atoms with Crippen LogP contribution in [0.3, 0.4) is 0 Å². The number of Topliss-reactive ketones (excluding diaryl/α,β-unsaturated/α-hetero) is 1. The Bertz CT molecular complexity index is 621. The highest BCUT2D eigenvalue weighted by Gasteiger charge is 2.22. The van der Waals surface area contributed by atoms with Crippen LogP contribution < -0.4 is 10.6 Å². The van der Waals surface area contributed by atoms with Crippen LogP contribution in [-0.2, 0) is 9.59 Å². The third kappa shape index (κ3) is 6.88. The molecule has 6 nitrogen and oxygen atoms in total. The normalized spacial score (nSPS) is 15.6. The summed E-state index contributed by atoms with van der Waals surface area (Å²) in [6.45, 7) is 6.75. The number of aryl methyl sites for hydroxylation is 1. The number of carbonyl (C=O) groups is 3. The number of piperidine rings is 1. The maximum atomic E-state index is 12.1. The minimum Gasteiger partial charge on any atom is -0.355 e. The summed E-state index contributed by atoms with van der Waals surface area (Å²) in [5, 5.41) is 5.91. The molecule has 144 valence electrons. The Hall–Kier alpha value is -1.73. The van der Waals surface area contributed by atoms with Gasteiger partial charge in [0.15, 0.2) is 5.78 Å². The van der Waals surface area contributed by atoms with Crippen LogP contribution in [0.5, 0.6) is 0 Å². The molecule has 2 N–H and O–H groups in total. The lowest BCUT2D eigenvalue weighted by atomic mass is 10.0. The molecule has 1 fully saturated rings. The fourth-order valence-corrected chi connectivity index (χ4v) is 3.83. The number of hydrogen-bond donors (Lipinski definition) is 2. The fourth-order valence-electron chi connectivity index (χ4n) is 2.99. The van der Waals surface area contributed by atoms with Crippen LogP contribution in [0, 0.1) is 6.92 Å². The molecular weight excluding hydrogens is 350 g/mol. The Morgan fingerprint density at radius 2 is 1.88 bits per heavy atom. The molecule has 1 aliphatic heterocycles. The molecule has 2 amide bonds. The van der Waals surface area contributed by atoms with E-state index in [1.54, 1.807) is 0 Å². The number of hydrogen-bond acceptors (Lipinski definition) is 5. The lowest BCUT2D eigenvalue weighted by Crippen LogP contribution is -2.47. The van der Waals surface area contributed by atoms with E-state index in [4.69, 9.17) is 0 Å². The van der Waals surface area contributed by atoms with E-state index in [0.717, 1.165) is 48.7 Å². The van der Waals surface area contributed by atoms with Gasteiger partial charge in [0, 0.05) is 43.4 Å². The Labute approximate surface area is 159 Å². The van der Waals surface area contributed by atoms with Crippen molar-refractivity contribution < 1.29 is 14.4 Å². The van der Waals surface area contributed by atoms with E-state index in [0.29, 0.717) is 6.54 Å². The number of nitrogens with one attached hydrogen (secondary N) is 2. The molecule has 2 heterocycles. The monoisotopic (exact) mass is 379 g/mol. The Morgan fingerprint density at radius 3 is 2.50 bits per heavy atom. The second kappa shape index (κ2) is 10.4. The number of carbonyl (C=O) groups excluding carboxylic acids is 3. The van der Waals surface area contributed by atoms with Gasteiger partial charge in [-0.15, -0.1) is 11.3 Å². The standard InChI is InChI=1S/C19H29N3O3S/c1-3-10-20-19(25)13-22-11-8-15(9-12-22)21-18(24)7-5-16(23)17-6-4-14(2)26-17/h4,6,15H,3,5,7-13H2,1-2H3,(H,20,25)(H,21,24). The van der Waals surface area contributed by atoms with Crippen molar-refractivity contribution in [3.05, 3.63) is 21.9 Å². The van der Waals surface area contributed by atoms with E-state index in [1.807, 2.05) is 26.0 Å². The summed E-state index contributed by atoms with van der Waals surface area (Å²) in [7, 11) is 0. The molecule has 0 aromatic carbocycles. The largest absolute Gasteiger partial charge is 0.355 e. The second-order valence-corrected chi connectivity index (χ2v) is 8.09. The number of amides is 2. The highest BCUT2D eigenvalue weighted by molar-refractivity contribution is 7.14. The van der Waals surface area contributed by atoms with Crippen LogP contribution in [0.1, 0.15) is 53.6 Å². The Balaban J connectivity index is 1.63. The molecule has 0 spiro atoms. The first-order valence-electron chi connectivity index (χ1n) is 9.36. The fraction of sp³-hybridized carbons (Fsp3) is 0.632. The van der Waals surface area contributed by atoms with Crippen molar-refractivity contribution in [1.29, 1.82) is 0 Å². The molecule has 2 rings (SSSR count). The van der Waals surface area contributed by atoms with Gasteiger partial charge in [-0.05, 0) is 38.3 Å². The highest BCUT2D eigenvalue weighted by Crippen LogP contribution is 2.17. The first-order chi connectivity index (χ1) is 12.5. The third-order valence-electron chi connectivity index (χ3n) is 4.49. The SMILES string of the molecule is CCCNC(=O)CN1CCC(NC(=O)CCC(=O)c2ccc(C)s2)CC1. The van der Waals surface area contributed by atoms with Gasteiger partial charge in [0.2, 0.25) is 11.8 Å². The maximum absolute atomic E-state index is 12.1. The summed E-state index contributed by atoms with van der Waals surface area (Å²) in [5.41, 5.74) is 0. The van der Waals surface area contributed by atoms with E-state index in [9.17, 15) is 14.4 Å². The molecule has 7 heteroatoms. The van der Waals surface area contributed by atoms with Crippen LogP contribution in [0.15, 0.2) is 12.1 Å².